The Morgan fingerprint density at radius 2 is 2.20 bits per heavy atom. The topological polar surface area (TPSA) is 54.0 Å². The van der Waals surface area contributed by atoms with Crippen LogP contribution in [-0.2, 0) is 0 Å². The Balaban J connectivity index is 2.08. The summed E-state index contributed by atoms with van der Waals surface area (Å²) >= 11 is 0. The van der Waals surface area contributed by atoms with Crippen LogP contribution in [0.15, 0.2) is 18.3 Å². The molecule has 1 aliphatic carbocycles. The van der Waals surface area contributed by atoms with Gasteiger partial charge in [0.1, 0.15) is 5.82 Å². The van der Waals surface area contributed by atoms with Crippen molar-refractivity contribution in [3.63, 3.8) is 0 Å². The molecule has 0 saturated heterocycles. The van der Waals surface area contributed by atoms with Gasteiger partial charge in [0, 0.05) is 18.8 Å². The molecule has 1 aliphatic rings. The molecule has 0 aromatic carbocycles. The summed E-state index contributed by atoms with van der Waals surface area (Å²) in [5.41, 5.74) is 0.639. The Labute approximate surface area is 121 Å². The maximum absolute atomic E-state index is 12.5. The quantitative estimate of drug-likeness (QED) is 0.888. The van der Waals surface area contributed by atoms with E-state index in [1.165, 1.54) is 12.8 Å². The highest BCUT2D eigenvalue weighted by atomic mass is 16.1. The maximum Gasteiger partial charge on any atom is 0.255 e. The van der Waals surface area contributed by atoms with Gasteiger partial charge in [-0.05, 0) is 37.3 Å². The lowest BCUT2D eigenvalue weighted by atomic mass is 9.78. The van der Waals surface area contributed by atoms with E-state index in [1.54, 1.807) is 6.20 Å². The number of anilines is 1. The van der Waals surface area contributed by atoms with Gasteiger partial charge in [-0.2, -0.15) is 0 Å². The Morgan fingerprint density at radius 3 is 2.95 bits per heavy atom. The molecule has 0 bridgehead atoms. The van der Waals surface area contributed by atoms with Crippen molar-refractivity contribution in [2.75, 3.05) is 11.9 Å². The molecule has 0 radical (unpaired) electrons. The van der Waals surface area contributed by atoms with Gasteiger partial charge in [-0.3, -0.25) is 4.79 Å². The molecule has 4 heteroatoms. The van der Waals surface area contributed by atoms with Crippen LogP contribution in [0.3, 0.4) is 0 Å². The van der Waals surface area contributed by atoms with Gasteiger partial charge in [0.15, 0.2) is 0 Å². The first-order valence-corrected chi connectivity index (χ1v) is 7.63. The van der Waals surface area contributed by atoms with E-state index in [9.17, 15) is 4.79 Å². The minimum Gasteiger partial charge on any atom is -0.370 e. The zero-order valence-electron chi connectivity index (χ0n) is 12.6. The summed E-state index contributed by atoms with van der Waals surface area (Å²) in [5.74, 6) is 1.87. The van der Waals surface area contributed by atoms with Gasteiger partial charge in [-0.1, -0.05) is 26.7 Å². The van der Waals surface area contributed by atoms with E-state index in [0.29, 0.717) is 23.2 Å². The van der Waals surface area contributed by atoms with Gasteiger partial charge < -0.3 is 10.6 Å². The Hall–Kier alpha value is -1.58. The molecule has 1 amide bonds. The van der Waals surface area contributed by atoms with Crippen LogP contribution in [0, 0.1) is 11.8 Å². The number of pyridine rings is 1. The van der Waals surface area contributed by atoms with Crippen LogP contribution >= 0.6 is 0 Å². The first-order chi connectivity index (χ1) is 9.63. The third-order valence-corrected chi connectivity index (χ3v) is 4.42. The van der Waals surface area contributed by atoms with E-state index in [-0.39, 0.29) is 11.9 Å². The summed E-state index contributed by atoms with van der Waals surface area (Å²) in [6.07, 6.45) is 5.25. The van der Waals surface area contributed by atoms with E-state index < -0.39 is 0 Å². The monoisotopic (exact) mass is 275 g/mol. The predicted molar refractivity (Wildman–Crippen MR) is 81.8 cm³/mol. The minimum absolute atomic E-state index is 0.0139. The van der Waals surface area contributed by atoms with E-state index in [4.69, 9.17) is 0 Å². The fraction of sp³-hybridized carbons (Fsp3) is 0.625. The van der Waals surface area contributed by atoms with Crippen LogP contribution in [0.5, 0.6) is 0 Å². The number of hydrogen-bond acceptors (Lipinski definition) is 3. The van der Waals surface area contributed by atoms with Crippen molar-refractivity contribution in [3.8, 4) is 0 Å². The number of carbonyl (C=O) groups excluding carboxylic acids is 1. The summed E-state index contributed by atoms with van der Waals surface area (Å²) in [7, 11) is 0. The highest BCUT2D eigenvalue weighted by Crippen LogP contribution is 2.29. The molecule has 1 heterocycles. The molecule has 20 heavy (non-hydrogen) atoms. The van der Waals surface area contributed by atoms with Crippen LogP contribution in [0.1, 0.15) is 50.4 Å². The fourth-order valence-electron chi connectivity index (χ4n) is 2.93. The third kappa shape index (κ3) is 3.30. The molecule has 2 N–H and O–H groups in total. The van der Waals surface area contributed by atoms with Crippen molar-refractivity contribution in [1.29, 1.82) is 0 Å². The molecule has 1 aromatic heterocycles. The first-order valence-electron chi connectivity index (χ1n) is 7.63. The number of aromatic nitrogens is 1. The molecule has 110 valence electrons. The zero-order chi connectivity index (χ0) is 14.5. The van der Waals surface area contributed by atoms with Gasteiger partial charge in [-0.15, -0.1) is 0 Å². The number of rotatable bonds is 4. The summed E-state index contributed by atoms with van der Waals surface area (Å²) in [5, 5.41) is 6.34. The lowest BCUT2D eigenvalue weighted by molar-refractivity contribution is 0.0891. The van der Waals surface area contributed by atoms with Gasteiger partial charge in [-0.25, -0.2) is 4.98 Å². The fourth-order valence-corrected chi connectivity index (χ4v) is 2.93. The number of nitrogens with zero attached hydrogens (tertiary/aromatic N) is 1. The summed E-state index contributed by atoms with van der Waals surface area (Å²) in [6.45, 7) is 7.27. The molecular weight excluding hydrogens is 250 g/mol. The van der Waals surface area contributed by atoms with Crippen molar-refractivity contribution >= 4 is 11.7 Å². The smallest absolute Gasteiger partial charge is 0.255 e. The van der Waals surface area contributed by atoms with Gasteiger partial charge in [0.25, 0.3) is 5.91 Å². The average molecular weight is 275 g/mol. The predicted octanol–water partition coefficient (Wildman–Crippen LogP) is 3.07. The second kappa shape index (κ2) is 6.73. The van der Waals surface area contributed by atoms with Crippen molar-refractivity contribution in [3.05, 3.63) is 23.9 Å². The van der Waals surface area contributed by atoms with Crippen molar-refractivity contribution in [2.24, 2.45) is 11.8 Å². The summed E-state index contributed by atoms with van der Waals surface area (Å²) in [4.78, 5) is 16.7. The molecule has 4 nitrogen and oxygen atoms in total. The number of hydrogen-bond donors (Lipinski definition) is 2. The van der Waals surface area contributed by atoms with E-state index >= 15 is 0 Å². The van der Waals surface area contributed by atoms with E-state index in [1.807, 2.05) is 19.1 Å². The Morgan fingerprint density at radius 1 is 1.40 bits per heavy atom. The van der Waals surface area contributed by atoms with Crippen LogP contribution in [0.2, 0.25) is 0 Å². The van der Waals surface area contributed by atoms with Gasteiger partial charge in [0.05, 0.1) is 5.56 Å². The second-order valence-corrected chi connectivity index (χ2v) is 5.78. The SMILES string of the molecule is CCNc1ncccc1C(=O)NC1CCCC(C)C1C. The van der Waals surface area contributed by atoms with Crippen LogP contribution < -0.4 is 10.6 Å². The Bertz CT molecular complexity index is 461. The van der Waals surface area contributed by atoms with E-state index in [2.05, 4.69) is 29.5 Å². The molecular formula is C16H25N3O. The Kier molecular flexibility index (Phi) is 4.99. The maximum atomic E-state index is 12.5. The lowest BCUT2D eigenvalue weighted by Gasteiger charge is -2.34. The van der Waals surface area contributed by atoms with Crippen LogP contribution in [0.4, 0.5) is 5.82 Å². The summed E-state index contributed by atoms with van der Waals surface area (Å²) in [6, 6.07) is 3.92. The van der Waals surface area contributed by atoms with Gasteiger partial charge >= 0.3 is 0 Å². The molecule has 3 unspecified atom stereocenters. The van der Waals surface area contributed by atoms with Crippen molar-refractivity contribution in [1.82, 2.24) is 10.3 Å². The largest absolute Gasteiger partial charge is 0.370 e. The molecule has 1 aromatic rings. The number of nitrogens with one attached hydrogen (secondary N) is 2. The molecule has 1 saturated carbocycles. The first kappa shape index (κ1) is 14.8. The highest BCUT2D eigenvalue weighted by molar-refractivity contribution is 5.98. The van der Waals surface area contributed by atoms with Gasteiger partial charge in [0.2, 0.25) is 0 Å². The number of amides is 1. The molecule has 1 fully saturated rings. The minimum atomic E-state index is -0.0139. The van der Waals surface area contributed by atoms with E-state index in [0.717, 1.165) is 13.0 Å². The highest BCUT2D eigenvalue weighted by Gasteiger charge is 2.28. The molecule has 0 aliphatic heterocycles. The second-order valence-electron chi connectivity index (χ2n) is 5.78. The average Bonchev–Trinajstić information content (AvgIpc) is 2.45. The summed E-state index contributed by atoms with van der Waals surface area (Å²) < 4.78 is 0. The third-order valence-electron chi connectivity index (χ3n) is 4.42. The molecule has 2 rings (SSSR count). The normalized spacial score (nSPS) is 26.1. The zero-order valence-corrected chi connectivity index (χ0v) is 12.6. The lowest BCUT2D eigenvalue weighted by Crippen LogP contribution is -2.43. The number of carbonyl (C=O) groups is 1. The molecule has 3 atom stereocenters. The van der Waals surface area contributed by atoms with Crippen molar-refractivity contribution < 1.29 is 4.79 Å². The standard InChI is InChI=1S/C16H25N3O/c1-4-17-15-13(8-6-10-18-15)16(20)19-14-9-5-7-11(2)12(14)3/h6,8,10-12,14H,4-5,7,9H2,1-3H3,(H,17,18)(H,19,20). The molecule has 0 spiro atoms. The van der Waals surface area contributed by atoms with Crippen molar-refractivity contribution in [2.45, 2.75) is 46.1 Å². The van der Waals surface area contributed by atoms with Crippen LogP contribution in [0.25, 0.3) is 0 Å². The van der Waals surface area contributed by atoms with Crippen LogP contribution in [-0.4, -0.2) is 23.5 Å².